The van der Waals surface area contributed by atoms with Crippen LogP contribution in [0.5, 0.6) is 0 Å². The zero-order chi connectivity index (χ0) is 19.6. The lowest BCUT2D eigenvalue weighted by molar-refractivity contribution is -0.153. The molecule has 8 heteroatoms. The largest absolute Gasteiger partial charge is 0.460 e. The van der Waals surface area contributed by atoms with E-state index in [0.717, 1.165) is 19.3 Å². The molecule has 2 amide bonds. The summed E-state index contributed by atoms with van der Waals surface area (Å²) in [6.07, 6.45) is 10.6. The molecule has 1 unspecified atom stereocenters. The van der Waals surface area contributed by atoms with Crippen molar-refractivity contribution < 1.29 is 19.1 Å². The molecule has 0 aliphatic carbocycles. The van der Waals surface area contributed by atoms with Gasteiger partial charge < -0.3 is 19.1 Å². The van der Waals surface area contributed by atoms with Crippen LogP contribution in [0.2, 0.25) is 0 Å². The molecule has 0 radical (unpaired) electrons. The van der Waals surface area contributed by atoms with E-state index >= 15 is 0 Å². The minimum atomic E-state index is -0.472. The number of aromatic nitrogens is 2. The second-order valence-electron chi connectivity index (χ2n) is 8.28. The van der Waals surface area contributed by atoms with Gasteiger partial charge in [-0.05, 0) is 25.7 Å². The Bertz CT molecular complexity index is 725. The van der Waals surface area contributed by atoms with Crippen molar-refractivity contribution in [2.45, 2.75) is 57.6 Å². The summed E-state index contributed by atoms with van der Waals surface area (Å²) < 4.78 is 7.55. The van der Waals surface area contributed by atoms with Crippen LogP contribution in [0.4, 0.5) is 0 Å². The summed E-state index contributed by atoms with van der Waals surface area (Å²) in [4.78, 5) is 44.9. The molecule has 1 aromatic rings. The molecular formula is C20H28N4O4. The lowest BCUT2D eigenvalue weighted by Gasteiger charge is -2.37. The highest BCUT2D eigenvalue weighted by Crippen LogP contribution is 2.43. The Hall–Kier alpha value is -2.38. The first-order valence-corrected chi connectivity index (χ1v) is 10.3. The number of imidazole rings is 1. The van der Waals surface area contributed by atoms with Crippen molar-refractivity contribution in [3.8, 4) is 0 Å². The molecule has 3 aliphatic rings. The highest BCUT2D eigenvalue weighted by atomic mass is 16.6. The first-order chi connectivity index (χ1) is 13.6. The Balaban J connectivity index is 1.30. The van der Waals surface area contributed by atoms with Gasteiger partial charge in [0.15, 0.2) is 0 Å². The van der Waals surface area contributed by atoms with E-state index in [-0.39, 0.29) is 30.4 Å². The fraction of sp³-hybridized carbons (Fsp3) is 0.700. The van der Waals surface area contributed by atoms with Crippen molar-refractivity contribution in [2.24, 2.45) is 5.41 Å². The van der Waals surface area contributed by atoms with Crippen molar-refractivity contribution in [1.82, 2.24) is 19.4 Å². The first kappa shape index (κ1) is 19.0. The van der Waals surface area contributed by atoms with Crippen LogP contribution in [0.1, 0.15) is 44.9 Å². The van der Waals surface area contributed by atoms with Crippen molar-refractivity contribution in [3.05, 3.63) is 18.7 Å². The van der Waals surface area contributed by atoms with Gasteiger partial charge in [-0.2, -0.15) is 0 Å². The molecule has 0 bridgehead atoms. The molecule has 0 N–H and O–H groups in total. The van der Waals surface area contributed by atoms with Gasteiger partial charge in [0.25, 0.3) is 0 Å². The Labute approximate surface area is 164 Å². The van der Waals surface area contributed by atoms with Gasteiger partial charge >= 0.3 is 5.97 Å². The van der Waals surface area contributed by atoms with Gasteiger partial charge in [-0.15, -0.1) is 0 Å². The molecule has 8 nitrogen and oxygen atoms in total. The molecule has 1 atom stereocenters. The van der Waals surface area contributed by atoms with Crippen LogP contribution in [0.15, 0.2) is 18.7 Å². The highest BCUT2D eigenvalue weighted by Gasteiger charge is 2.50. The summed E-state index contributed by atoms with van der Waals surface area (Å²) >= 11 is 0. The monoisotopic (exact) mass is 388 g/mol. The number of cyclic esters (lactones) is 1. The summed E-state index contributed by atoms with van der Waals surface area (Å²) in [5, 5.41) is 0. The molecule has 3 saturated heterocycles. The van der Waals surface area contributed by atoms with Crippen LogP contribution in [-0.4, -0.2) is 69.4 Å². The minimum absolute atomic E-state index is 0.00794. The number of piperidine rings is 1. The SMILES string of the molecule is O=C(CN1CCCCCC1=O)N1CCC2(CC1)CC(Cn1ccnc1)OC2=O. The molecule has 28 heavy (non-hydrogen) atoms. The van der Waals surface area contributed by atoms with Gasteiger partial charge in [0.2, 0.25) is 11.8 Å². The number of hydrogen-bond donors (Lipinski definition) is 0. The number of carbonyl (C=O) groups excluding carboxylic acids is 3. The number of esters is 1. The molecule has 152 valence electrons. The van der Waals surface area contributed by atoms with E-state index in [1.807, 2.05) is 10.8 Å². The van der Waals surface area contributed by atoms with Crippen LogP contribution in [-0.2, 0) is 25.7 Å². The van der Waals surface area contributed by atoms with Crippen LogP contribution >= 0.6 is 0 Å². The number of hydrogen-bond acceptors (Lipinski definition) is 5. The third-order valence-corrected chi connectivity index (χ3v) is 6.37. The van der Waals surface area contributed by atoms with Crippen LogP contribution in [0, 0.1) is 5.41 Å². The minimum Gasteiger partial charge on any atom is -0.460 e. The van der Waals surface area contributed by atoms with Crippen molar-refractivity contribution >= 4 is 17.8 Å². The summed E-state index contributed by atoms with van der Waals surface area (Å²) in [6.45, 7) is 2.55. The smallest absolute Gasteiger partial charge is 0.312 e. The van der Waals surface area contributed by atoms with Gasteiger partial charge in [-0.3, -0.25) is 14.4 Å². The van der Waals surface area contributed by atoms with Crippen molar-refractivity contribution in [1.29, 1.82) is 0 Å². The normalized spacial score (nSPS) is 25.1. The number of amides is 2. The summed E-state index contributed by atoms with van der Waals surface area (Å²) in [7, 11) is 0. The predicted octanol–water partition coefficient (Wildman–Crippen LogP) is 1.21. The van der Waals surface area contributed by atoms with Crippen molar-refractivity contribution in [2.75, 3.05) is 26.2 Å². The quantitative estimate of drug-likeness (QED) is 0.724. The Morgan fingerprint density at radius 2 is 2.00 bits per heavy atom. The maximum Gasteiger partial charge on any atom is 0.312 e. The van der Waals surface area contributed by atoms with E-state index in [4.69, 9.17) is 4.74 Å². The highest BCUT2D eigenvalue weighted by molar-refractivity contribution is 5.85. The molecule has 4 rings (SSSR count). The van der Waals surface area contributed by atoms with Crippen molar-refractivity contribution in [3.63, 3.8) is 0 Å². The molecule has 1 aromatic heterocycles. The molecule has 3 aliphatic heterocycles. The number of nitrogens with zero attached hydrogens (tertiary/aromatic N) is 4. The van der Waals surface area contributed by atoms with Crippen LogP contribution < -0.4 is 0 Å². The average molecular weight is 388 g/mol. The summed E-state index contributed by atoms with van der Waals surface area (Å²) in [6, 6.07) is 0. The van der Waals surface area contributed by atoms with E-state index in [0.29, 0.717) is 51.9 Å². The number of likely N-dealkylation sites (tertiary alicyclic amines) is 2. The lowest BCUT2D eigenvalue weighted by Crippen LogP contribution is -2.49. The third kappa shape index (κ3) is 3.91. The second-order valence-corrected chi connectivity index (χ2v) is 8.28. The Morgan fingerprint density at radius 1 is 1.18 bits per heavy atom. The number of rotatable bonds is 4. The van der Waals surface area contributed by atoms with Gasteiger partial charge in [-0.25, -0.2) is 4.98 Å². The summed E-state index contributed by atoms with van der Waals surface area (Å²) in [5.74, 6) is -0.0557. The fourth-order valence-electron chi connectivity index (χ4n) is 4.63. The molecular weight excluding hydrogens is 360 g/mol. The topological polar surface area (TPSA) is 84.7 Å². The standard InChI is InChI=1S/C20H28N4O4/c25-17-4-2-1-3-8-24(17)14-18(26)23-9-5-20(6-10-23)12-16(28-19(20)27)13-22-11-7-21-15-22/h7,11,15-16H,1-6,8-10,12-14H2. The van der Waals surface area contributed by atoms with E-state index < -0.39 is 5.41 Å². The van der Waals surface area contributed by atoms with Gasteiger partial charge in [0.1, 0.15) is 6.10 Å². The lowest BCUT2D eigenvalue weighted by atomic mass is 9.76. The molecule has 0 aromatic carbocycles. The number of carbonyl (C=O) groups is 3. The second kappa shape index (κ2) is 7.93. The molecule has 3 fully saturated rings. The van der Waals surface area contributed by atoms with Gasteiger partial charge in [0, 0.05) is 44.9 Å². The first-order valence-electron chi connectivity index (χ1n) is 10.3. The van der Waals surface area contributed by atoms with Gasteiger partial charge in [0.05, 0.1) is 24.8 Å². The van der Waals surface area contributed by atoms with Crippen LogP contribution in [0.25, 0.3) is 0 Å². The Morgan fingerprint density at radius 3 is 2.75 bits per heavy atom. The van der Waals surface area contributed by atoms with Gasteiger partial charge in [-0.1, -0.05) is 6.42 Å². The maximum atomic E-state index is 12.7. The third-order valence-electron chi connectivity index (χ3n) is 6.37. The predicted molar refractivity (Wildman–Crippen MR) is 100 cm³/mol. The van der Waals surface area contributed by atoms with Crippen LogP contribution in [0.3, 0.4) is 0 Å². The van der Waals surface area contributed by atoms with E-state index in [9.17, 15) is 14.4 Å². The molecule has 0 saturated carbocycles. The zero-order valence-electron chi connectivity index (χ0n) is 16.2. The summed E-state index contributed by atoms with van der Waals surface area (Å²) in [5.41, 5.74) is -0.472. The fourth-order valence-corrected chi connectivity index (χ4v) is 4.63. The van der Waals surface area contributed by atoms with E-state index in [1.54, 1.807) is 22.3 Å². The average Bonchev–Trinajstić information content (AvgIpc) is 3.23. The number of ether oxygens (including phenoxy) is 1. The van der Waals surface area contributed by atoms with E-state index in [1.165, 1.54) is 0 Å². The maximum absolute atomic E-state index is 12.7. The zero-order valence-corrected chi connectivity index (χ0v) is 16.2. The Kier molecular flexibility index (Phi) is 5.37. The van der Waals surface area contributed by atoms with E-state index in [2.05, 4.69) is 4.98 Å². The molecule has 1 spiro atoms. The molecule has 4 heterocycles.